The Kier molecular flexibility index (Phi) is 5.26. The highest BCUT2D eigenvalue weighted by Crippen LogP contribution is 2.28. The van der Waals surface area contributed by atoms with Crippen LogP contribution >= 0.6 is 27.5 Å². The lowest BCUT2D eigenvalue weighted by Crippen LogP contribution is -2.22. The molecule has 0 aliphatic rings. The third kappa shape index (κ3) is 3.99. The fraction of sp³-hybridized carbons (Fsp3) is 0.188. The van der Waals surface area contributed by atoms with Gasteiger partial charge < -0.3 is 10.1 Å². The summed E-state index contributed by atoms with van der Waals surface area (Å²) in [6.45, 7) is 2.01. The molecule has 0 spiro atoms. The second kappa shape index (κ2) is 6.96. The Morgan fingerprint density at radius 2 is 1.90 bits per heavy atom. The van der Waals surface area contributed by atoms with Crippen molar-refractivity contribution in [3.63, 3.8) is 0 Å². The van der Waals surface area contributed by atoms with Crippen molar-refractivity contribution in [1.29, 1.82) is 0 Å². The molecule has 110 valence electrons. The van der Waals surface area contributed by atoms with E-state index in [9.17, 15) is 4.79 Å². The van der Waals surface area contributed by atoms with Crippen molar-refractivity contribution in [2.24, 2.45) is 0 Å². The average molecular weight is 369 g/mol. The highest BCUT2D eigenvalue weighted by Gasteiger charge is 2.22. The molecule has 0 radical (unpaired) electrons. The molecule has 0 saturated carbocycles. The van der Waals surface area contributed by atoms with E-state index in [0.29, 0.717) is 5.02 Å². The Labute approximate surface area is 137 Å². The van der Waals surface area contributed by atoms with Crippen molar-refractivity contribution in [2.45, 2.75) is 13.0 Å². The van der Waals surface area contributed by atoms with Crippen LogP contribution in [-0.2, 0) is 9.53 Å². The van der Waals surface area contributed by atoms with Crippen LogP contribution in [0.15, 0.2) is 46.9 Å². The molecule has 2 rings (SSSR count). The number of hydrogen-bond donors (Lipinski definition) is 1. The average Bonchev–Trinajstić information content (AvgIpc) is 2.49. The summed E-state index contributed by atoms with van der Waals surface area (Å²) in [5.74, 6) is -0.357. The van der Waals surface area contributed by atoms with Gasteiger partial charge in [-0.2, -0.15) is 0 Å². The molecule has 2 aromatic rings. The van der Waals surface area contributed by atoms with Crippen LogP contribution in [0.5, 0.6) is 0 Å². The Bertz CT molecular complexity index is 643. The van der Waals surface area contributed by atoms with E-state index in [0.717, 1.165) is 21.3 Å². The van der Waals surface area contributed by atoms with Crippen LogP contribution in [0.4, 0.5) is 5.69 Å². The lowest BCUT2D eigenvalue weighted by molar-refractivity contribution is -0.141. The normalized spacial score (nSPS) is 11.8. The Morgan fingerprint density at radius 3 is 2.48 bits per heavy atom. The Hall–Kier alpha value is -1.52. The summed E-state index contributed by atoms with van der Waals surface area (Å²) >= 11 is 9.36. The van der Waals surface area contributed by atoms with Crippen molar-refractivity contribution in [3.05, 3.63) is 63.1 Å². The first-order valence-electron chi connectivity index (χ1n) is 6.37. The zero-order valence-corrected chi connectivity index (χ0v) is 14.0. The van der Waals surface area contributed by atoms with Crippen LogP contribution < -0.4 is 5.32 Å². The van der Waals surface area contributed by atoms with E-state index < -0.39 is 6.04 Å². The molecular weight excluding hydrogens is 354 g/mol. The van der Waals surface area contributed by atoms with Gasteiger partial charge >= 0.3 is 5.97 Å². The first kappa shape index (κ1) is 15.9. The van der Waals surface area contributed by atoms with E-state index in [1.165, 1.54) is 7.11 Å². The predicted molar refractivity (Wildman–Crippen MR) is 88.7 cm³/mol. The second-order valence-electron chi connectivity index (χ2n) is 4.64. The minimum Gasteiger partial charge on any atom is -0.467 e. The number of methoxy groups -OCH3 is 1. The SMILES string of the molecule is COC(=O)C(Nc1ccc(C)cc1)c1ccc(Cl)c(Br)c1. The molecule has 5 heteroatoms. The maximum Gasteiger partial charge on any atom is 0.332 e. The van der Waals surface area contributed by atoms with Crippen LogP contribution in [0.3, 0.4) is 0 Å². The number of aryl methyl sites for hydroxylation is 1. The highest BCUT2D eigenvalue weighted by atomic mass is 79.9. The monoisotopic (exact) mass is 367 g/mol. The van der Waals surface area contributed by atoms with Crippen molar-refractivity contribution in [3.8, 4) is 0 Å². The fourth-order valence-corrected chi connectivity index (χ4v) is 2.42. The van der Waals surface area contributed by atoms with Crippen LogP contribution in [0, 0.1) is 6.92 Å². The summed E-state index contributed by atoms with van der Waals surface area (Å²) in [5.41, 5.74) is 2.78. The quantitative estimate of drug-likeness (QED) is 0.792. The van der Waals surface area contributed by atoms with E-state index in [-0.39, 0.29) is 5.97 Å². The predicted octanol–water partition coefficient (Wildman–Crippen LogP) is 4.74. The van der Waals surface area contributed by atoms with Crippen molar-refractivity contribution in [1.82, 2.24) is 0 Å². The molecule has 0 aromatic heterocycles. The first-order chi connectivity index (χ1) is 10.0. The minimum absolute atomic E-state index is 0.357. The summed E-state index contributed by atoms with van der Waals surface area (Å²) in [7, 11) is 1.37. The molecular formula is C16H15BrClNO2. The molecule has 0 heterocycles. The van der Waals surface area contributed by atoms with Gasteiger partial charge in [-0.3, -0.25) is 0 Å². The lowest BCUT2D eigenvalue weighted by atomic mass is 10.1. The zero-order chi connectivity index (χ0) is 15.4. The van der Waals surface area contributed by atoms with E-state index in [2.05, 4.69) is 21.2 Å². The second-order valence-corrected chi connectivity index (χ2v) is 5.90. The number of rotatable bonds is 4. The van der Waals surface area contributed by atoms with Gasteiger partial charge in [-0.05, 0) is 52.7 Å². The summed E-state index contributed by atoms with van der Waals surface area (Å²) in [4.78, 5) is 12.0. The van der Waals surface area contributed by atoms with Gasteiger partial charge in [0.05, 0.1) is 12.1 Å². The standard InChI is InChI=1S/C16H15BrClNO2/c1-10-3-6-12(7-4-10)19-15(16(20)21-2)11-5-8-14(18)13(17)9-11/h3-9,15,19H,1-2H3. The number of halogens is 2. The van der Waals surface area contributed by atoms with Gasteiger partial charge in [-0.25, -0.2) is 4.79 Å². The molecule has 0 aliphatic heterocycles. The molecule has 1 unspecified atom stereocenters. The minimum atomic E-state index is -0.591. The van der Waals surface area contributed by atoms with Crippen molar-refractivity contribution >= 4 is 39.2 Å². The number of carbonyl (C=O) groups excluding carboxylic acids is 1. The fourth-order valence-electron chi connectivity index (χ4n) is 1.90. The number of benzene rings is 2. The van der Waals surface area contributed by atoms with Gasteiger partial charge in [0.1, 0.15) is 0 Å². The molecule has 0 aliphatic carbocycles. The molecule has 3 nitrogen and oxygen atoms in total. The molecule has 1 atom stereocenters. The zero-order valence-electron chi connectivity index (χ0n) is 11.7. The number of esters is 1. The largest absolute Gasteiger partial charge is 0.467 e. The van der Waals surface area contributed by atoms with Crippen LogP contribution in [0.25, 0.3) is 0 Å². The van der Waals surface area contributed by atoms with E-state index >= 15 is 0 Å². The summed E-state index contributed by atoms with van der Waals surface area (Å²) < 4.78 is 5.62. The molecule has 1 N–H and O–H groups in total. The lowest BCUT2D eigenvalue weighted by Gasteiger charge is -2.18. The van der Waals surface area contributed by atoms with Gasteiger partial charge in [0.2, 0.25) is 0 Å². The third-order valence-electron chi connectivity index (χ3n) is 3.08. The highest BCUT2D eigenvalue weighted by molar-refractivity contribution is 9.10. The number of ether oxygens (including phenoxy) is 1. The van der Waals surface area contributed by atoms with E-state index in [1.807, 2.05) is 37.3 Å². The number of carbonyl (C=O) groups is 1. The first-order valence-corrected chi connectivity index (χ1v) is 7.54. The van der Waals surface area contributed by atoms with Crippen molar-refractivity contribution in [2.75, 3.05) is 12.4 Å². The molecule has 0 amide bonds. The summed E-state index contributed by atoms with van der Waals surface area (Å²) in [5, 5.41) is 3.78. The summed E-state index contributed by atoms with van der Waals surface area (Å²) in [6.07, 6.45) is 0. The van der Waals surface area contributed by atoms with Gasteiger partial charge in [-0.1, -0.05) is 35.4 Å². The van der Waals surface area contributed by atoms with Crippen LogP contribution in [-0.4, -0.2) is 13.1 Å². The molecule has 0 bridgehead atoms. The molecule has 0 saturated heterocycles. The smallest absolute Gasteiger partial charge is 0.332 e. The topological polar surface area (TPSA) is 38.3 Å². The maximum absolute atomic E-state index is 12.0. The Morgan fingerprint density at radius 1 is 1.24 bits per heavy atom. The van der Waals surface area contributed by atoms with Crippen LogP contribution in [0.1, 0.15) is 17.2 Å². The van der Waals surface area contributed by atoms with Gasteiger partial charge in [-0.15, -0.1) is 0 Å². The number of anilines is 1. The third-order valence-corrected chi connectivity index (χ3v) is 4.29. The number of hydrogen-bond acceptors (Lipinski definition) is 3. The van der Waals surface area contributed by atoms with Gasteiger partial charge in [0, 0.05) is 10.2 Å². The molecule has 21 heavy (non-hydrogen) atoms. The Balaban J connectivity index is 2.31. The van der Waals surface area contributed by atoms with E-state index in [4.69, 9.17) is 16.3 Å². The van der Waals surface area contributed by atoms with Crippen molar-refractivity contribution < 1.29 is 9.53 Å². The number of nitrogens with one attached hydrogen (secondary N) is 1. The summed E-state index contributed by atoms with van der Waals surface area (Å²) in [6, 6.07) is 12.6. The maximum atomic E-state index is 12.0. The molecule has 2 aromatic carbocycles. The van der Waals surface area contributed by atoms with Gasteiger partial charge in [0.25, 0.3) is 0 Å². The molecule has 0 fully saturated rings. The van der Waals surface area contributed by atoms with Gasteiger partial charge in [0.15, 0.2) is 6.04 Å². The van der Waals surface area contributed by atoms with E-state index in [1.54, 1.807) is 12.1 Å². The van der Waals surface area contributed by atoms with Crippen LogP contribution in [0.2, 0.25) is 5.02 Å².